The van der Waals surface area contributed by atoms with Crippen LogP contribution in [0.4, 0.5) is 0 Å². The molecule has 0 aromatic heterocycles. The van der Waals surface area contributed by atoms with Gasteiger partial charge in [0.1, 0.15) is 0 Å². The quantitative estimate of drug-likeness (QED) is 0.711. The zero-order chi connectivity index (χ0) is 12.2. The first-order valence-electron chi connectivity index (χ1n) is 6.19. The van der Waals surface area contributed by atoms with Crippen LogP contribution in [0.3, 0.4) is 0 Å². The van der Waals surface area contributed by atoms with E-state index >= 15 is 0 Å². The summed E-state index contributed by atoms with van der Waals surface area (Å²) in [5, 5.41) is 13.0. The first-order valence-corrected chi connectivity index (χ1v) is 6.19. The van der Waals surface area contributed by atoms with Crippen LogP contribution in [0.2, 0.25) is 0 Å². The highest BCUT2D eigenvalue weighted by Gasteiger charge is 2.18. The van der Waals surface area contributed by atoms with Gasteiger partial charge in [-0.25, -0.2) is 0 Å². The van der Waals surface area contributed by atoms with E-state index in [9.17, 15) is 5.11 Å². The van der Waals surface area contributed by atoms with Crippen molar-refractivity contribution in [2.45, 2.75) is 45.3 Å². The standard InChI is InChI=1S/C13H26N2O/c1-11(8-14-13(2,3)4)9-15-7-5-6-12(16)10-15/h12,14,16H,1,5-10H2,2-4H3. The number of piperidine rings is 1. The van der Waals surface area contributed by atoms with Crippen LogP contribution in [-0.4, -0.2) is 47.8 Å². The SMILES string of the molecule is C=C(CNC(C)(C)C)CN1CCCC(O)C1. The first kappa shape index (κ1) is 13.7. The largest absolute Gasteiger partial charge is 0.392 e. The van der Waals surface area contributed by atoms with E-state index in [0.29, 0.717) is 0 Å². The minimum Gasteiger partial charge on any atom is -0.392 e. The van der Waals surface area contributed by atoms with Crippen molar-refractivity contribution in [1.29, 1.82) is 0 Å². The number of aliphatic hydroxyl groups excluding tert-OH is 1. The number of hydrogen-bond donors (Lipinski definition) is 2. The number of aliphatic hydroxyl groups is 1. The number of rotatable bonds is 4. The zero-order valence-electron chi connectivity index (χ0n) is 10.9. The van der Waals surface area contributed by atoms with Gasteiger partial charge in [0.05, 0.1) is 6.10 Å². The van der Waals surface area contributed by atoms with E-state index in [4.69, 9.17) is 0 Å². The van der Waals surface area contributed by atoms with Crippen molar-refractivity contribution < 1.29 is 5.11 Å². The predicted octanol–water partition coefficient (Wildman–Crippen LogP) is 1.39. The Morgan fingerprint density at radius 3 is 2.75 bits per heavy atom. The lowest BCUT2D eigenvalue weighted by molar-refractivity contribution is 0.0754. The molecule has 1 saturated heterocycles. The van der Waals surface area contributed by atoms with Gasteiger partial charge in [0.25, 0.3) is 0 Å². The van der Waals surface area contributed by atoms with Crippen molar-refractivity contribution in [1.82, 2.24) is 10.2 Å². The smallest absolute Gasteiger partial charge is 0.0667 e. The molecule has 16 heavy (non-hydrogen) atoms. The van der Waals surface area contributed by atoms with Crippen LogP contribution >= 0.6 is 0 Å². The van der Waals surface area contributed by atoms with Gasteiger partial charge in [-0.1, -0.05) is 6.58 Å². The average molecular weight is 226 g/mol. The summed E-state index contributed by atoms with van der Waals surface area (Å²) < 4.78 is 0. The highest BCUT2D eigenvalue weighted by atomic mass is 16.3. The summed E-state index contributed by atoms with van der Waals surface area (Å²) in [4.78, 5) is 2.29. The average Bonchev–Trinajstić information content (AvgIpc) is 2.14. The van der Waals surface area contributed by atoms with Gasteiger partial charge < -0.3 is 10.4 Å². The number of β-amino-alcohol motifs (C(OH)–C–C–N with tert-alkyl or cyclic N) is 1. The van der Waals surface area contributed by atoms with Gasteiger partial charge in [-0.2, -0.15) is 0 Å². The molecule has 0 saturated carbocycles. The topological polar surface area (TPSA) is 35.5 Å². The van der Waals surface area contributed by atoms with E-state index in [0.717, 1.165) is 39.0 Å². The Kier molecular flexibility index (Phi) is 4.96. The molecule has 1 unspecified atom stereocenters. The van der Waals surface area contributed by atoms with Gasteiger partial charge in [-0.15, -0.1) is 0 Å². The molecule has 0 bridgehead atoms. The van der Waals surface area contributed by atoms with E-state index < -0.39 is 0 Å². The van der Waals surface area contributed by atoms with E-state index in [1.165, 1.54) is 5.57 Å². The molecule has 94 valence electrons. The van der Waals surface area contributed by atoms with Crippen LogP contribution in [0.1, 0.15) is 33.6 Å². The summed E-state index contributed by atoms with van der Waals surface area (Å²) in [5.74, 6) is 0. The molecule has 1 atom stereocenters. The van der Waals surface area contributed by atoms with Crippen molar-refractivity contribution in [3.63, 3.8) is 0 Å². The Bertz CT molecular complexity index is 233. The molecule has 1 rings (SSSR count). The molecule has 0 spiro atoms. The molecule has 3 nitrogen and oxygen atoms in total. The molecule has 1 fully saturated rings. The molecular weight excluding hydrogens is 200 g/mol. The first-order chi connectivity index (χ1) is 7.37. The predicted molar refractivity (Wildman–Crippen MR) is 68.6 cm³/mol. The number of nitrogens with zero attached hydrogens (tertiary/aromatic N) is 1. The fourth-order valence-corrected chi connectivity index (χ4v) is 1.94. The molecule has 0 aliphatic carbocycles. The van der Waals surface area contributed by atoms with E-state index in [-0.39, 0.29) is 11.6 Å². The highest BCUT2D eigenvalue weighted by Crippen LogP contribution is 2.11. The van der Waals surface area contributed by atoms with Crippen molar-refractivity contribution in [2.75, 3.05) is 26.2 Å². The van der Waals surface area contributed by atoms with Crippen molar-refractivity contribution in [3.05, 3.63) is 12.2 Å². The van der Waals surface area contributed by atoms with Crippen molar-refractivity contribution in [2.24, 2.45) is 0 Å². The Balaban J connectivity index is 2.23. The maximum Gasteiger partial charge on any atom is 0.0667 e. The third-order valence-electron chi connectivity index (χ3n) is 2.80. The molecular formula is C13H26N2O. The maximum atomic E-state index is 9.56. The van der Waals surface area contributed by atoms with Crippen LogP contribution in [0.15, 0.2) is 12.2 Å². The number of likely N-dealkylation sites (tertiary alicyclic amines) is 1. The van der Waals surface area contributed by atoms with Crippen LogP contribution in [0.5, 0.6) is 0 Å². The summed E-state index contributed by atoms with van der Waals surface area (Å²) in [6.07, 6.45) is 1.90. The van der Waals surface area contributed by atoms with Crippen LogP contribution in [-0.2, 0) is 0 Å². The van der Waals surface area contributed by atoms with E-state index in [1.54, 1.807) is 0 Å². The lowest BCUT2D eigenvalue weighted by Gasteiger charge is -2.31. The van der Waals surface area contributed by atoms with Crippen LogP contribution in [0.25, 0.3) is 0 Å². The van der Waals surface area contributed by atoms with Crippen LogP contribution in [0, 0.1) is 0 Å². The van der Waals surface area contributed by atoms with Gasteiger partial charge in [0.15, 0.2) is 0 Å². The Labute approximate surface area is 99.5 Å². The van der Waals surface area contributed by atoms with Gasteiger partial charge in [0, 0.05) is 25.2 Å². The van der Waals surface area contributed by atoms with Gasteiger partial charge in [0.2, 0.25) is 0 Å². The Hall–Kier alpha value is -0.380. The van der Waals surface area contributed by atoms with Crippen molar-refractivity contribution >= 4 is 0 Å². The third-order valence-corrected chi connectivity index (χ3v) is 2.80. The minimum atomic E-state index is -0.142. The minimum absolute atomic E-state index is 0.142. The summed E-state index contributed by atoms with van der Waals surface area (Å²) in [6, 6.07) is 0. The highest BCUT2D eigenvalue weighted by molar-refractivity contribution is 5.01. The lowest BCUT2D eigenvalue weighted by Crippen LogP contribution is -2.42. The summed E-state index contributed by atoms with van der Waals surface area (Å²) >= 11 is 0. The zero-order valence-corrected chi connectivity index (χ0v) is 10.9. The maximum absolute atomic E-state index is 9.56. The molecule has 1 aliphatic rings. The molecule has 1 aliphatic heterocycles. The van der Waals surface area contributed by atoms with Crippen molar-refractivity contribution in [3.8, 4) is 0 Å². The fourth-order valence-electron chi connectivity index (χ4n) is 1.94. The van der Waals surface area contributed by atoms with Gasteiger partial charge in [-0.05, 0) is 45.7 Å². The van der Waals surface area contributed by atoms with E-state index in [2.05, 4.69) is 37.6 Å². The molecule has 0 radical (unpaired) electrons. The molecule has 0 amide bonds. The molecule has 0 aromatic rings. The summed E-state index contributed by atoms with van der Waals surface area (Å²) in [5.41, 5.74) is 1.34. The second-order valence-electron chi connectivity index (χ2n) is 5.88. The van der Waals surface area contributed by atoms with E-state index in [1.807, 2.05) is 0 Å². The molecule has 1 heterocycles. The van der Waals surface area contributed by atoms with Gasteiger partial charge >= 0.3 is 0 Å². The normalized spacial score (nSPS) is 23.4. The lowest BCUT2D eigenvalue weighted by atomic mass is 10.1. The second kappa shape index (κ2) is 5.80. The number of nitrogens with one attached hydrogen (secondary N) is 1. The van der Waals surface area contributed by atoms with Gasteiger partial charge in [-0.3, -0.25) is 4.90 Å². The fraction of sp³-hybridized carbons (Fsp3) is 0.846. The summed E-state index contributed by atoms with van der Waals surface area (Å²) in [7, 11) is 0. The number of hydrogen-bond acceptors (Lipinski definition) is 3. The molecule has 3 heteroatoms. The third kappa shape index (κ3) is 5.64. The van der Waals surface area contributed by atoms with Crippen LogP contribution < -0.4 is 5.32 Å². The molecule has 2 N–H and O–H groups in total. The Morgan fingerprint density at radius 2 is 2.19 bits per heavy atom. The molecule has 0 aromatic carbocycles. The Morgan fingerprint density at radius 1 is 1.50 bits per heavy atom. The monoisotopic (exact) mass is 226 g/mol. The summed E-state index contributed by atoms with van der Waals surface area (Å²) in [6.45, 7) is 14.2. The second-order valence-corrected chi connectivity index (χ2v) is 5.88.